The smallest absolute Gasteiger partial charge is 0.330 e. The predicted octanol–water partition coefficient (Wildman–Crippen LogP) is 4.43. The number of hydrogen-bond acceptors (Lipinski definition) is 3. The molecule has 0 saturated heterocycles. The number of ether oxygens (including phenoxy) is 2. The first-order valence-electron chi connectivity index (χ1n) is 8.31. The highest BCUT2D eigenvalue weighted by atomic mass is 16.5. The Hall–Kier alpha value is -1.09. The molecule has 0 aliphatic heterocycles. The fourth-order valence-electron chi connectivity index (χ4n) is 2.48. The first kappa shape index (κ1) is 18.0. The monoisotopic (exact) mass is 294 g/mol. The van der Waals surface area contributed by atoms with E-state index in [-0.39, 0.29) is 12.1 Å². The molecule has 0 heterocycles. The third-order valence-corrected chi connectivity index (χ3v) is 3.83. The number of carbonyl (C=O) groups is 1. The van der Waals surface area contributed by atoms with Crippen molar-refractivity contribution in [2.45, 2.75) is 64.9 Å². The third-order valence-electron chi connectivity index (χ3n) is 3.83. The molecule has 1 aliphatic carbocycles. The molecule has 3 nitrogen and oxygen atoms in total. The van der Waals surface area contributed by atoms with Gasteiger partial charge in [-0.05, 0) is 19.8 Å². The van der Waals surface area contributed by atoms with Gasteiger partial charge in [0.1, 0.15) is 0 Å². The van der Waals surface area contributed by atoms with E-state index in [1.165, 1.54) is 43.8 Å². The molecule has 1 rings (SSSR count). The minimum absolute atomic E-state index is 0.269. The van der Waals surface area contributed by atoms with Crippen molar-refractivity contribution in [2.24, 2.45) is 5.92 Å². The van der Waals surface area contributed by atoms with Crippen LogP contribution in [0.1, 0.15) is 58.8 Å². The molecule has 0 radical (unpaired) electrons. The SMILES string of the molecule is C=C1C[C@H]1[C@@H](CCCCCCC)OC/C=C\C(=O)OCC. The Morgan fingerprint density at radius 3 is 2.67 bits per heavy atom. The second kappa shape index (κ2) is 10.6. The molecular weight excluding hydrogens is 264 g/mol. The Kier molecular flexibility index (Phi) is 9.07. The molecule has 0 aromatic rings. The van der Waals surface area contributed by atoms with Gasteiger partial charge in [0.15, 0.2) is 0 Å². The maximum atomic E-state index is 11.2. The van der Waals surface area contributed by atoms with E-state index in [0.29, 0.717) is 19.1 Å². The van der Waals surface area contributed by atoms with Crippen molar-refractivity contribution in [1.29, 1.82) is 0 Å². The van der Waals surface area contributed by atoms with E-state index in [4.69, 9.17) is 9.47 Å². The molecule has 0 bridgehead atoms. The fourth-order valence-corrected chi connectivity index (χ4v) is 2.48. The Labute approximate surface area is 129 Å². The van der Waals surface area contributed by atoms with Crippen LogP contribution in [0.5, 0.6) is 0 Å². The van der Waals surface area contributed by atoms with Crippen molar-refractivity contribution in [1.82, 2.24) is 0 Å². The quantitative estimate of drug-likeness (QED) is 0.231. The van der Waals surface area contributed by atoms with Gasteiger partial charge >= 0.3 is 5.97 Å². The Bertz CT molecular complexity index is 346. The Balaban J connectivity index is 2.21. The molecule has 21 heavy (non-hydrogen) atoms. The first-order valence-corrected chi connectivity index (χ1v) is 8.31. The highest BCUT2D eigenvalue weighted by Crippen LogP contribution is 2.41. The molecule has 0 N–H and O–H groups in total. The van der Waals surface area contributed by atoms with Gasteiger partial charge in [0.25, 0.3) is 0 Å². The van der Waals surface area contributed by atoms with Crippen LogP contribution in [0, 0.1) is 5.92 Å². The van der Waals surface area contributed by atoms with E-state index < -0.39 is 0 Å². The molecule has 0 spiro atoms. The van der Waals surface area contributed by atoms with Crippen LogP contribution in [-0.2, 0) is 14.3 Å². The van der Waals surface area contributed by atoms with Gasteiger partial charge in [0.2, 0.25) is 0 Å². The van der Waals surface area contributed by atoms with Gasteiger partial charge in [-0.25, -0.2) is 4.79 Å². The van der Waals surface area contributed by atoms with E-state index in [0.717, 1.165) is 12.8 Å². The molecule has 120 valence electrons. The second-order valence-corrected chi connectivity index (χ2v) is 5.70. The topological polar surface area (TPSA) is 35.5 Å². The molecular formula is C18H30O3. The van der Waals surface area contributed by atoms with Gasteiger partial charge in [0, 0.05) is 12.0 Å². The average Bonchev–Trinajstić information content (AvgIpc) is 3.18. The van der Waals surface area contributed by atoms with Crippen LogP contribution in [0.2, 0.25) is 0 Å². The minimum Gasteiger partial charge on any atom is -0.463 e. The van der Waals surface area contributed by atoms with Crippen molar-refractivity contribution in [2.75, 3.05) is 13.2 Å². The van der Waals surface area contributed by atoms with Crippen LogP contribution in [-0.4, -0.2) is 25.3 Å². The summed E-state index contributed by atoms with van der Waals surface area (Å²) in [4.78, 5) is 11.2. The van der Waals surface area contributed by atoms with Gasteiger partial charge < -0.3 is 9.47 Å². The van der Waals surface area contributed by atoms with Gasteiger partial charge in [-0.3, -0.25) is 0 Å². The zero-order valence-electron chi connectivity index (χ0n) is 13.6. The predicted molar refractivity (Wildman–Crippen MR) is 86.1 cm³/mol. The third kappa shape index (κ3) is 8.05. The van der Waals surface area contributed by atoms with Gasteiger partial charge in [-0.2, -0.15) is 0 Å². The minimum atomic E-state index is -0.298. The van der Waals surface area contributed by atoms with Crippen LogP contribution in [0.4, 0.5) is 0 Å². The van der Waals surface area contributed by atoms with Crippen LogP contribution in [0.15, 0.2) is 24.3 Å². The van der Waals surface area contributed by atoms with Crippen LogP contribution in [0.3, 0.4) is 0 Å². The lowest BCUT2D eigenvalue weighted by Crippen LogP contribution is -2.16. The van der Waals surface area contributed by atoms with Crippen molar-refractivity contribution < 1.29 is 14.3 Å². The van der Waals surface area contributed by atoms with Crippen molar-refractivity contribution in [3.05, 3.63) is 24.3 Å². The zero-order chi connectivity index (χ0) is 15.5. The molecule has 2 atom stereocenters. The number of carbonyl (C=O) groups excluding carboxylic acids is 1. The summed E-state index contributed by atoms with van der Waals surface area (Å²) in [5.74, 6) is 0.236. The van der Waals surface area contributed by atoms with Crippen molar-refractivity contribution >= 4 is 5.97 Å². The highest BCUT2D eigenvalue weighted by molar-refractivity contribution is 5.81. The zero-order valence-corrected chi connectivity index (χ0v) is 13.6. The Morgan fingerprint density at radius 2 is 2.05 bits per heavy atom. The molecule has 1 saturated carbocycles. The number of unbranched alkanes of at least 4 members (excludes halogenated alkanes) is 4. The highest BCUT2D eigenvalue weighted by Gasteiger charge is 2.35. The number of rotatable bonds is 12. The maximum absolute atomic E-state index is 11.2. The van der Waals surface area contributed by atoms with E-state index in [1.807, 2.05) is 0 Å². The van der Waals surface area contributed by atoms with Crippen molar-refractivity contribution in [3.8, 4) is 0 Å². The van der Waals surface area contributed by atoms with E-state index >= 15 is 0 Å². The molecule has 0 amide bonds. The lowest BCUT2D eigenvalue weighted by Gasteiger charge is -2.16. The van der Waals surface area contributed by atoms with Gasteiger partial charge in [-0.15, -0.1) is 0 Å². The summed E-state index contributed by atoms with van der Waals surface area (Å²) in [6.45, 7) is 8.95. The normalized spacial score (nSPS) is 19.0. The summed E-state index contributed by atoms with van der Waals surface area (Å²) in [5.41, 5.74) is 1.31. The van der Waals surface area contributed by atoms with Crippen LogP contribution in [0.25, 0.3) is 0 Å². The summed E-state index contributed by atoms with van der Waals surface area (Å²) in [6, 6.07) is 0. The maximum Gasteiger partial charge on any atom is 0.330 e. The Morgan fingerprint density at radius 1 is 1.33 bits per heavy atom. The standard InChI is InChI=1S/C18H30O3/c1-4-6-7-8-9-11-17(16-14-15(16)3)21-13-10-12-18(19)20-5-2/h10,12,16-17H,3-9,11,13-14H2,1-2H3/b12-10-/t16-,17-/m1/s1. The van der Waals surface area contributed by atoms with Gasteiger partial charge in [0.05, 0.1) is 19.3 Å². The molecule has 0 unspecified atom stereocenters. The average molecular weight is 294 g/mol. The molecule has 3 heteroatoms. The lowest BCUT2D eigenvalue weighted by molar-refractivity contribution is -0.137. The van der Waals surface area contributed by atoms with Crippen molar-refractivity contribution in [3.63, 3.8) is 0 Å². The second-order valence-electron chi connectivity index (χ2n) is 5.70. The van der Waals surface area contributed by atoms with Gasteiger partial charge in [-0.1, -0.05) is 57.3 Å². The first-order chi connectivity index (χ1) is 10.2. The molecule has 1 aliphatic rings. The largest absolute Gasteiger partial charge is 0.463 e. The fraction of sp³-hybridized carbons (Fsp3) is 0.722. The summed E-state index contributed by atoms with van der Waals surface area (Å²) >= 11 is 0. The van der Waals surface area contributed by atoms with E-state index in [9.17, 15) is 4.79 Å². The molecule has 0 aromatic carbocycles. The summed E-state index contributed by atoms with van der Waals surface area (Å²) in [6.07, 6.45) is 12.1. The van der Waals surface area contributed by atoms with E-state index in [2.05, 4.69) is 13.5 Å². The van der Waals surface area contributed by atoms with Crippen LogP contribution >= 0.6 is 0 Å². The number of esters is 1. The number of hydrogen-bond donors (Lipinski definition) is 0. The lowest BCUT2D eigenvalue weighted by atomic mass is 10.0. The summed E-state index contributed by atoms with van der Waals surface area (Å²) in [7, 11) is 0. The van der Waals surface area contributed by atoms with Crippen LogP contribution < -0.4 is 0 Å². The summed E-state index contributed by atoms with van der Waals surface area (Å²) < 4.78 is 10.7. The summed E-state index contributed by atoms with van der Waals surface area (Å²) in [5, 5.41) is 0. The molecule has 1 fully saturated rings. The molecule has 0 aromatic heterocycles. The van der Waals surface area contributed by atoms with E-state index in [1.54, 1.807) is 13.0 Å².